The highest BCUT2D eigenvalue weighted by Crippen LogP contribution is 2.43. The van der Waals surface area contributed by atoms with Crippen molar-refractivity contribution in [3.05, 3.63) is 94.6 Å². The summed E-state index contributed by atoms with van der Waals surface area (Å²) in [6.07, 6.45) is 0. The molecule has 0 radical (unpaired) electrons. The van der Waals surface area contributed by atoms with Crippen LogP contribution in [0, 0.1) is 13.8 Å². The first-order valence-corrected chi connectivity index (χ1v) is 12.8. The Morgan fingerprint density at radius 1 is 0.895 bits per heavy atom. The Morgan fingerprint density at radius 3 is 2.21 bits per heavy atom. The standard InChI is InChI=1S/C31H33N3O4/c1-20-6-5-7-22(18-20)28-27(29(35)26-13-12-25(38-4)19-21(26)2)30(36)31(37)34(28)24-10-8-23(9-11-24)33-16-14-32(3)15-17-33/h5-13,18-19,28,35H,14-17H2,1-4H3/b29-27-. The van der Waals surface area contributed by atoms with E-state index < -0.39 is 17.7 Å². The minimum Gasteiger partial charge on any atom is -0.507 e. The Hall–Kier alpha value is -4.10. The van der Waals surface area contributed by atoms with E-state index in [0.29, 0.717) is 17.0 Å². The van der Waals surface area contributed by atoms with Gasteiger partial charge in [-0.25, -0.2) is 0 Å². The lowest BCUT2D eigenvalue weighted by atomic mass is 9.93. The molecule has 38 heavy (non-hydrogen) atoms. The zero-order valence-corrected chi connectivity index (χ0v) is 22.3. The number of aryl methyl sites for hydroxylation is 2. The van der Waals surface area contributed by atoms with Crippen molar-refractivity contribution in [1.82, 2.24) is 4.90 Å². The Kier molecular flexibility index (Phi) is 6.95. The highest BCUT2D eigenvalue weighted by Gasteiger charge is 2.47. The third-order valence-corrected chi connectivity index (χ3v) is 7.49. The van der Waals surface area contributed by atoms with Gasteiger partial charge < -0.3 is 19.6 Å². The van der Waals surface area contributed by atoms with Crippen LogP contribution in [0.2, 0.25) is 0 Å². The fourth-order valence-corrected chi connectivity index (χ4v) is 5.32. The van der Waals surface area contributed by atoms with Crippen LogP contribution in [0.15, 0.2) is 72.3 Å². The molecule has 2 heterocycles. The SMILES string of the molecule is COc1ccc(/C(O)=C2/C(=O)C(=O)N(c3ccc(N4CCN(C)CC4)cc3)C2c2cccc(C)c2)c(C)c1. The van der Waals surface area contributed by atoms with Crippen molar-refractivity contribution in [2.24, 2.45) is 0 Å². The number of methoxy groups -OCH3 is 1. The zero-order valence-electron chi connectivity index (χ0n) is 22.3. The lowest BCUT2D eigenvalue weighted by Gasteiger charge is -2.34. The predicted molar refractivity (Wildman–Crippen MR) is 150 cm³/mol. The summed E-state index contributed by atoms with van der Waals surface area (Å²) in [5, 5.41) is 11.5. The second kappa shape index (κ2) is 10.3. The van der Waals surface area contributed by atoms with Crippen molar-refractivity contribution in [1.29, 1.82) is 0 Å². The molecule has 7 nitrogen and oxygen atoms in total. The van der Waals surface area contributed by atoms with E-state index in [1.807, 2.05) is 62.4 Å². The summed E-state index contributed by atoms with van der Waals surface area (Å²) in [5.41, 5.74) is 4.78. The molecule has 3 aromatic carbocycles. The topological polar surface area (TPSA) is 73.3 Å². The predicted octanol–water partition coefficient (Wildman–Crippen LogP) is 4.69. The Balaban J connectivity index is 1.60. The van der Waals surface area contributed by atoms with E-state index in [0.717, 1.165) is 48.6 Å². The average molecular weight is 512 g/mol. The van der Waals surface area contributed by atoms with Gasteiger partial charge >= 0.3 is 0 Å². The first kappa shape index (κ1) is 25.5. The number of Topliss-reactive ketones (excluding diaryl/α,β-unsaturated/α-hetero) is 1. The van der Waals surface area contributed by atoms with Crippen molar-refractivity contribution in [2.45, 2.75) is 19.9 Å². The number of anilines is 2. The Morgan fingerprint density at radius 2 is 1.58 bits per heavy atom. The molecule has 2 aliphatic heterocycles. The first-order chi connectivity index (χ1) is 18.3. The molecule has 1 N–H and O–H groups in total. The molecule has 0 bridgehead atoms. The van der Waals surface area contributed by atoms with E-state index in [1.54, 1.807) is 25.3 Å². The number of carbonyl (C=O) groups is 2. The van der Waals surface area contributed by atoms with Crippen LogP contribution in [0.25, 0.3) is 5.76 Å². The maximum Gasteiger partial charge on any atom is 0.300 e. The molecule has 2 saturated heterocycles. The Labute approximate surface area is 223 Å². The molecule has 1 unspecified atom stereocenters. The molecule has 1 amide bonds. The summed E-state index contributed by atoms with van der Waals surface area (Å²) >= 11 is 0. The van der Waals surface area contributed by atoms with Gasteiger partial charge in [0.2, 0.25) is 0 Å². The minimum absolute atomic E-state index is 0.0806. The molecule has 3 aromatic rings. The minimum atomic E-state index is -0.758. The summed E-state index contributed by atoms with van der Waals surface area (Å²) in [7, 11) is 3.70. The molecule has 0 aliphatic carbocycles. The van der Waals surface area contributed by atoms with Gasteiger partial charge in [0.05, 0.1) is 18.7 Å². The summed E-state index contributed by atoms with van der Waals surface area (Å²) in [4.78, 5) is 33.2. The van der Waals surface area contributed by atoms with E-state index in [-0.39, 0.29) is 11.3 Å². The number of ketones is 1. The van der Waals surface area contributed by atoms with Crippen molar-refractivity contribution < 1.29 is 19.4 Å². The molecule has 7 heteroatoms. The van der Waals surface area contributed by atoms with Crippen LogP contribution in [-0.4, -0.2) is 62.0 Å². The number of ether oxygens (including phenoxy) is 1. The highest BCUT2D eigenvalue weighted by atomic mass is 16.5. The first-order valence-electron chi connectivity index (χ1n) is 12.8. The molecule has 0 spiro atoms. The van der Waals surface area contributed by atoms with Crippen molar-refractivity contribution in [3.8, 4) is 5.75 Å². The summed E-state index contributed by atoms with van der Waals surface area (Å²) in [6.45, 7) is 7.67. The van der Waals surface area contributed by atoms with Crippen LogP contribution in [0.4, 0.5) is 11.4 Å². The molecule has 0 aromatic heterocycles. The molecule has 2 fully saturated rings. The maximum atomic E-state index is 13.5. The molecular weight excluding hydrogens is 478 g/mol. The molecule has 196 valence electrons. The zero-order chi connectivity index (χ0) is 27.0. The summed E-state index contributed by atoms with van der Waals surface area (Å²) < 4.78 is 5.30. The van der Waals surface area contributed by atoms with E-state index in [1.165, 1.54) is 4.90 Å². The quantitative estimate of drug-likeness (QED) is 0.304. The van der Waals surface area contributed by atoms with Gasteiger partial charge in [0.15, 0.2) is 0 Å². The summed E-state index contributed by atoms with van der Waals surface area (Å²) in [5.74, 6) is -0.898. The molecular formula is C31H33N3O4. The molecule has 0 saturated carbocycles. The number of rotatable bonds is 5. The number of aliphatic hydroxyl groups excluding tert-OH is 1. The van der Waals surface area contributed by atoms with Gasteiger partial charge in [-0.1, -0.05) is 29.8 Å². The lowest BCUT2D eigenvalue weighted by molar-refractivity contribution is -0.132. The number of carbonyl (C=O) groups excluding carboxylic acids is 2. The van der Waals surface area contributed by atoms with Gasteiger partial charge in [-0.15, -0.1) is 0 Å². The van der Waals surface area contributed by atoms with Crippen LogP contribution in [0.5, 0.6) is 5.75 Å². The smallest absolute Gasteiger partial charge is 0.300 e. The number of likely N-dealkylation sites (N-methyl/N-ethyl adjacent to an activating group) is 1. The largest absolute Gasteiger partial charge is 0.507 e. The Bertz CT molecular complexity index is 1400. The van der Waals surface area contributed by atoms with Gasteiger partial charge in [0.25, 0.3) is 11.7 Å². The van der Waals surface area contributed by atoms with Gasteiger partial charge in [0, 0.05) is 43.1 Å². The molecule has 2 aliphatic rings. The average Bonchev–Trinajstić information content (AvgIpc) is 3.19. The number of benzene rings is 3. The van der Waals surface area contributed by atoms with Crippen molar-refractivity contribution >= 4 is 28.8 Å². The van der Waals surface area contributed by atoms with Crippen LogP contribution in [-0.2, 0) is 9.59 Å². The normalized spacial score (nSPS) is 19.7. The van der Waals surface area contributed by atoms with Gasteiger partial charge in [0.1, 0.15) is 11.5 Å². The van der Waals surface area contributed by atoms with Gasteiger partial charge in [-0.2, -0.15) is 0 Å². The number of piperazine rings is 1. The fraction of sp³-hybridized carbons (Fsp3) is 0.290. The number of amides is 1. The molecule has 5 rings (SSSR count). The second-order valence-corrected chi connectivity index (χ2v) is 10.1. The van der Waals surface area contributed by atoms with E-state index >= 15 is 0 Å². The third kappa shape index (κ3) is 4.65. The number of aliphatic hydroxyl groups is 1. The van der Waals surface area contributed by atoms with Crippen LogP contribution < -0.4 is 14.5 Å². The van der Waals surface area contributed by atoms with Crippen molar-refractivity contribution in [3.63, 3.8) is 0 Å². The van der Waals surface area contributed by atoms with E-state index in [9.17, 15) is 14.7 Å². The second-order valence-electron chi connectivity index (χ2n) is 10.1. The van der Waals surface area contributed by atoms with Crippen molar-refractivity contribution in [2.75, 3.05) is 50.1 Å². The van der Waals surface area contributed by atoms with Crippen LogP contribution >= 0.6 is 0 Å². The number of nitrogens with zero attached hydrogens (tertiary/aromatic N) is 3. The number of hydrogen-bond acceptors (Lipinski definition) is 6. The van der Waals surface area contributed by atoms with E-state index in [4.69, 9.17) is 4.74 Å². The third-order valence-electron chi connectivity index (χ3n) is 7.49. The van der Waals surface area contributed by atoms with E-state index in [2.05, 4.69) is 16.8 Å². The monoisotopic (exact) mass is 511 g/mol. The lowest BCUT2D eigenvalue weighted by Crippen LogP contribution is -2.44. The number of hydrogen-bond donors (Lipinski definition) is 1. The van der Waals surface area contributed by atoms with Gasteiger partial charge in [-0.05, 0) is 74.5 Å². The summed E-state index contributed by atoms with van der Waals surface area (Å²) in [6, 6.07) is 20.0. The van der Waals surface area contributed by atoms with Crippen LogP contribution in [0.1, 0.15) is 28.3 Å². The van der Waals surface area contributed by atoms with Crippen LogP contribution in [0.3, 0.4) is 0 Å². The fourth-order valence-electron chi connectivity index (χ4n) is 5.32. The maximum absolute atomic E-state index is 13.5. The molecule has 1 atom stereocenters. The van der Waals surface area contributed by atoms with Gasteiger partial charge in [-0.3, -0.25) is 14.5 Å². The highest BCUT2D eigenvalue weighted by molar-refractivity contribution is 6.51.